The summed E-state index contributed by atoms with van der Waals surface area (Å²) in [6.07, 6.45) is -2.87. The molecule has 0 unspecified atom stereocenters. The standard InChI is InChI=1S/C10H10F3NO2/c1-3-16-10(15)6-4-5(2)7(8(11)12)14-9(6)13/h4,8H,3H2,1-2H3. The van der Waals surface area contributed by atoms with Crippen molar-refractivity contribution in [3.8, 4) is 0 Å². The fraction of sp³-hybridized carbons (Fsp3) is 0.400. The van der Waals surface area contributed by atoms with Crippen molar-refractivity contribution in [2.24, 2.45) is 0 Å². The molecule has 0 N–H and O–H groups in total. The molecular weight excluding hydrogens is 223 g/mol. The van der Waals surface area contributed by atoms with Crippen molar-refractivity contribution in [1.29, 1.82) is 0 Å². The first-order chi connectivity index (χ1) is 7.47. The highest BCUT2D eigenvalue weighted by Gasteiger charge is 2.20. The lowest BCUT2D eigenvalue weighted by Gasteiger charge is -2.07. The minimum Gasteiger partial charge on any atom is -0.462 e. The van der Waals surface area contributed by atoms with Gasteiger partial charge in [-0.2, -0.15) is 4.39 Å². The van der Waals surface area contributed by atoms with E-state index in [0.29, 0.717) is 0 Å². The highest BCUT2D eigenvalue weighted by atomic mass is 19.3. The van der Waals surface area contributed by atoms with E-state index in [4.69, 9.17) is 0 Å². The van der Waals surface area contributed by atoms with Gasteiger partial charge in [-0.25, -0.2) is 18.6 Å². The molecule has 3 nitrogen and oxygen atoms in total. The van der Waals surface area contributed by atoms with E-state index in [1.807, 2.05) is 0 Å². The molecular formula is C10H10F3NO2. The molecule has 0 aliphatic carbocycles. The van der Waals surface area contributed by atoms with Gasteiger partial charge in [0.25, 0.3) is 6.43 Å². The Morgan fingerprint density at radius 3 is 2.69 bits per heavy atom. The summed E-state index contributed by atoms with van der Waals surface area (Å²) in [6, 6.07) is 1.02. The Kier molecular flexibility index (Phi) is 3.87. The van der Waals surface area contributed by atoms with E-state index < -0.39 is 29.6 Å². The number of aromatic nitrogens is 1. The lowest BCUT2D eigenvalue weighted by molar-refractivity contribution is 0.0518. The van der Waals surface area contributed by atoms with Crippen molar-refractivity contribution < 1.29 is 22.7 Å². The molecule has 6 heteroatoms. The number of esters is 1. The zero-order valence-corrected chi connectivity index (χ0v) is 8.76. The lowest BCUT2D eigenvalue weighted by Crippen LogP contribution is -2.11. The zero-order chi connectivity index (χ0) is 12.3. The van der Waals surface area contributed by atoms with Gasteiger partial charge in [0, 0.05) is 0 Å². The molecule has 0 saturated carbocycles. The maximum absolute atomic E-state index is 13.2. The Labute approximate surface area is 90.2 Å². The van der Waals surface area contributed by atoms with Gasteiger partial charge < -0.3 is 4.74 Å². The summed E-state index contributed by atoms with van der Waals surface area (Å²) in [5, 5.41) is 0. The molecule has 1 aromatic heterocycles. The second-order valence-electron chi connectivity index (χ2n) is 3.05. The number of carbonyl (C=O) groups is 1. The molecule has 0 radical (unpaired) electrons. The quantitative estimate of drug-likeness (QED) is 0.595. The van der Waals surface area contributed by atoms with Gasteiger partial charge in [0.1, 0.15) is 11.3 Å². The SMILES string of the molecule is CCOC(=O)c1cc(C)c(C(F)F)nc1F. The van der Waals surface area contributed by atoms with Crippen molar-refractivity contribution in [2.75, 3.05) is 6.61 Å². The third-order valence-electron chi connectivity index (χ3n) is 1.91. The van der Waals surface area contributed by atoms with E-state index >= 15 is 0 Å². The van der Waals surface area contributed by atoms with Gasteiger partial charge >= 0.3 is 5.97 Å². The van der Waals surface area contributed by atoms with E-state index in [1.54, 1.807) is 6.92 Å². The highest BCUT2D eigenvalue weighted by molar-refractivity contribution is 5.89. The van der Waals surface area contributed by atoms with Crippen LogP contribution in [-0.4, -0.2) is 17.6 Å². The first kappa shape index (κ1) is 12.5. The largest absolute Gasteiger partial charge is 0.462 e. The van der Waals surface area contributed by atoms with Crippen LogP contribution in [0.1, 0.15) is 35.0 Å². The molecule has 1 aromatic rings. The highest BCUT2D eigenvalue weighted by Crippen LogP contribution is 2.22. The molecule has 88 valence electrons. The summed E-state index contributed by atoms with van der Waals surface area (Å²) >= 11 is 0. The number of nitrogens with zero attached hydrogens (tertiary/aromatic N) is 1. The van der Waals surface area contributed by atoms with Crippen LogP contribution in [0.15, 0.2) is 6.07 Å². The molecule has 0 bridgehead atoms. The van der Waals surface area contributed by atoms with Crippen molar-refractivity contribution in [1.82, 2.24) is 4.98 Å². The Hall–Kier alpha value is -1.59. The Bertz CT molecular complexity index is 407. The Morgan fingerprint density at radius 1 is 1.56 bits per heavy atom. The second-order valence-corrected chi connectivity index (χ2v) is 3.05. The molecule has 0 saturated heterocycles. The topological polar surface area (TPSA) is 39.2 Å². The van der Waals surface area contributed by atoms with Crippen LogP contribution in [0.3, 0.4) is 0 Å². The number of rotatable bonds is 3. The predicted octanol–water partition coefficient (Wildman–Crippen LogP) is 2.64. The van der Waals surface area contributed by atoms with Crippen LogP contribution in [0.2, 0.25) is 0 Å². The molecule has 0 aliphatic rings. The summed E-state index contributed by atoms with van der Waals surface area (Å²) in [5.41, 5.74) is -1.03. The van der Waals surface area contributed by atoms with Crippen molar-refractivity contribution in [3.63, 3.8) is 0 Å². The average Bonchev–Trinajstić information content (AvgIpc) is 2.20. The lowest BCUT2D eigenvalue weighted by atomic mass is 10.1. The number of hydrogen-bond acceptors (Lipinski definition) is 3. The number of alkyl halides is 2. The maximum Gasteiger partial charge on any atom is 0.342 e. The minimum atomic E-state index is -2.87. The van der Waals surface area contributed by atoms with Gasteiger partial charge in [-0.3, -0.25) is 0 Å². The molecule has 0 aromatic carbocycles. The van der Waals surface area contributed by atoms with Gasteiger partial charge in [0.05, 0.1) is 6.61 Å². The van der Waals surface area contributed by atoms with E-state index in [1.165, 1.54) is 6.92 Å². The number of hydrogen-bond donors (Lipinski definition) is 0. The van der Waals surface area contributed by atoms with Crippen LogP contribution < -0.4 is 0 Å². The van der Waals surface area contributed by atoms with Gasteiger partial charge in [0.15, 0.2) is 0 Å². The fourth-order valence-corrected chi connectivity index (χ4v) is 1.18. The molecule has 1 heterocycles. The zero-order valence-electron chi connectivity index (χ0n) is 8.76. The summed E-state index contributed by atoms with van der Waals surface area (Å²) in [4.78, 5) is 14.3. The normalized spacial score (nSPS) is 10.6. The molecule has 0 amide bonds. The molecule has 1 rings (SSSR count). The monoisotopic (exact) mass is 233 g/mol. The third kappa shape index (κ3) is 2.50. The number of ether oxygens (including phenoxy) is 1. The van der Waals surface area contributed by atoms with Crippen LogP contribution in [0, 0.1) is 12.9 Å². The summed E-state index contributed by atoms with van der Waals surface area (Å²) in [5.74, 6) is -2.14. The summed E-state index contributed by atoms with van der Waals surface area (Å²) in [6.45, 7) is 2.97. The Morgan fingerprint density at radius 2 is 2.19 bits per heavy atom. The number of halogens is 3. The van der Waals surface area contributed by atoms with Gasteiger partial charge in [-0.15, -0.1) is 0 Å². The number of pyridine rings is 1. The number of carbonyl (C=O) groups excluding carboxylic acids is 1. The van der Waals surface area contributed by atoms with Crippen LogP contribution in [0.25, 0.3) is 0 Å². The van der Waals surface area contributed by atoms with Crippen LogP contribution in [0.4, 0.5) is 13.2 Å². The second kappa shape index (κ2) is 4.96. The molecule has 0 aliphatic heterocycles. The Balaban J connectivity index is 3.15. The average molecular weight is 233 g/mol. The van der Waals surface area contributed by atoms with E-state index in [0.717, 1.165) is 6.07 Å². The molecule has 0 atom stereocenters. The fourth-order valence-electron chi connectivity index (χ4n) is 1.18. The van der Waals surface area contributed by atoms with Crippen molar-refractivity contribution >= 4 is 5.97 Å². The van der Waals surface area contributed by atoms with Gasteiger partial charge in [-0.1, -0.05) is 0 Å². The number of aryl methyl sites for hydroxylation is 1. The van der Waals surface area contributed by atoms with Crippen molar-refractivity contribution in [2.45, 2.75) is 20.3 Å². The first-order valence-electron chi connectivity index (χ1n) is 4.59. The minimum absolute atomic E-state index is 0.0550. The third-order valence-corrected chi connectivity index (χ3v) is 1.91. The van der Waals surface area contributed by atoms with Crippen LogP contribution in [0.5, 0.6) is 0 Å². The summed E-state index contributed by atoms with van der Waals surface area (Å²) < 4.78 is 42.5. The first-order valence-corrected chi connectivity index (χ1v) is 4.59. The van der Waals surface area contributed by atoms with Crippen LogP contribution in [-0.2, 0) is 4.74 Å². The molecule has 0 fully saturated rings. The van der Waals surface area contributed by atoms with Crippen LogP contribution >= 0.6 is 0 Å². The van der Waals surface area contributed by atoms with Gasteiger partial charge in [0.2, 0.25) is 5.95 Å². The molecule has 16 heavy (non-hydrogen) atoms. The van der Waals surface area contributed by atoms with E-state index in [9.17, 15) is 18.0 Å². The smallest absolute Gasteiger partial charge is 0.342 e. The van der Waals surface area contributed by atoms with Gasteiger partial charge in [-0.05, 0) is 25.5 Å². The molecule has 0 spiro atoms. The maximum atomic E-state index is 13.2. The summed E-state index contributed by atoms with van der Waals surface area (Å²) in [7, 11) is 0. The van der Waals surface area contributed by atoms with E-state index in [2.05, 4.69) is 9.72 Å². The van der Waals surface area contributed by atoms with E-state index in [-0.39, 0.29) is 12.2 Å². The van der Waals surface area contributed by atoms with Crippen molar-refractivity contribution in [3.05, 3.63) is 28.8 Å². The predicted molar refractivity (Wildman–Crippen MR) is 49.8 cm³/mol.